The van der Waals surface area contributed by atoms with Crippen LogP contribution >= 0.6 is 0 Å². The largest absolute Gasteiger partial charge is 0.309 e. The predicted molar refractivity (Wildman–Crippen MR) is 212 cm³/mol. The number of aromatic nitrogens is 1. The Morgan fingerprint density at radius 3 is 1.90 bits per heavy atom. The van der Waals surface area contributed by atoms with E-state index in [0.717, 1.165) is 0 Å². The first-order chi connectivity index (χ1) is 24.6. The molecule has 0 amide bonds. The van der Waals surface area contributed by atoms with Gasteiger partial charge in [0.2, 0.25) is 0 Å². The lowest BCUT2D eigenvalue weighted by atomic mass is 9.81. The number of hydrogen-bond acceptors (Lipinski definition) is 0. The molecular weight excluding hydrogens is 603 g/mol. The molecule has 50 heavy (non-hydrogen) atoms. The van der Waals surface area contributed by atoms with Crippen LogP contribution in [-0.4, -0.2) is 4.57 Å². The number of fused-ring (bicyclic) bond motifs is 7. The highest BCUT2D eigenvalue weighted by Gasteiger charge is 2.37. The molecule has 0 aliphatic heterocycles. The lowest BCUT2D eigenvalue weighted by Crippen LogP contribution is -2.15. The first-order valence-electron chi connectivity index (χ1n) is 17.5. The zero-order valence-electron chi connectivity index (χ0n) is 28.2. The Kier molecular flexibility index (Phi) is 6.29. The molecule has 0 atom stereocenters. The fraction of sp³-hybridized carbons (Fsp3) is 0.0612. The average Bonchev–Trinajstić information content (AvgIpc) is 3.63. The van der Waals surface area contributed by atoms with Crippen LogP contribution in [0.15, 0.2) is 176 Å². The van der Waals surface area contributed by atoms with Crippen LogP contribution in [-0.2, 0) is 5.41 Å². The molecule has 10 rings (SSSR count). The second-order valence-corrected chi connectivity index (χ2v) is 14.1. The smallest absolute Gasteiger partial charge is 0.0541 e. The Bertz CT molecular complexity index is 2760. The van der Waals surface area contributed by atoms with Gasteiger partial charge in [0.1, 0.15) is 0 Å². The summed E-state index contributed by atoms with van der Waals surface area (Å²) in [6, 6.07) is 64.8. The summed E-state index contributed by atoms with van der Waals surface area (Å²) in [5.74, 6) is 0. The van der Waals surface area contributed by atoms with Crippen molar-refractivity contribution < 1.29 is 0 Å². The predicted octanol–water partition coefficient (Wildman–Crippen LogP) is 13.2. The highest BCUT2D eigenvalue weighted by Crippen LogP contribution is 2.53. The van der Waals surface area contributed by atoms with E-state index in [4.69, 9.17) is 0 Å². The van der Waals surface area contributed by atoms with Gasteiger partial charge in [0, 0.05) is 21.9 Å². The normalized spacial score (nSPS) is 13.2. The minimum atomic E-state index is -0.136. The van der Waals surface area contributed by atoms with Crippen LogP contribution in [0.5, 0.6) is 0 Å². The van der Waals surface area contributed by atoms with E-state index in [0.29, 0.717) is 0 Å². The maximum absolute atomic E-state index is 2.45. The van der Waals surface area contributed by atoms with Gasteiger partial charge in [-0.1, -0.05) is 141 Å². The summed E-state index contributed by atoms with van der Waals surface area (Å²) in [6.07, 6.45) is 0. The van der Waals surface area contributed by atoms with Gasteiger partial charge in [-0.3, -0.25) is 0 Å². The SMILES string of the molecule is CC1(C)c2cc(-c3ccc4c(c3)c3ccccc3n4-c3ccccc3)ccc2-c2c(-c3cc(-c4ccccc4)c4ccccc4c3)cccc21. The summed E-state index contributed by atoms with van der Waals surface area (Å²) in [7, 11) is 0. The van der Waals surface area contributed by atoms with Crippen LogP contribution in [0.1, 0.15) is 25.0 Å². The molecule has 1 nitrogen and oxygen atoms in total. The molecule has 8 aromatic carbocycles. The molecule has 1 aliphatic carbocycles. The van der Waals surface area contributed by atoms with Crippen molar-refractivity contribution in [1.82, 2.24) is 4.57 Å². The molecule has 0 N–H and O–H groups in total. The minimum absolute atomic E-state index is 0.136. The van der Waals surface area contributed by atoms with Gasteiger partial charge in [-0.05, 0) is 115 Å². The van der Waals surface area contributed by atoms with Gasteiger partial charge in [0.25, 0.3) is 0 Å². The Morgan fingerprint density at radius 2 is 1.06 bits per heavy atom. The third-order valence-electron chi connectivity index (χ3n) is 11.0. The van der Waals surface area contributed by atoms with Crippen LogP contribution in [0.2, 0.25) is 0 Å². The van der Waals surface area contributed by atoms with Gasteiger partial charge in [-0.25, -0.2) is 0 Å². The van der Waals surface area contributed by atoms with Crippen molar-refractivity contribution in [3.63, 3.8) is 0 Å². The van der Waals surface area contributed by atoms with E-state index in [-0.39, 0.29) is 5.41 Å². The molecule has 0 saturated carbocycles. The van der Waals surface area contributed by atoms with E-state index in [1.807, 2.05) is 0 Å². The third-order valence-corrected chi connectivity index (χ3v) is 11.0. The van der Waals surface area contributed by atoms with Crippen LogP contribution < -0.4 is 0 Å². The van der Waals surface area contributed by atoms with Crippen molar-refractivity contribution in [3.05, 3.63) is 187 Å². The molecule has 0 radical (unpaired) electrons. The second-order valence-electron chi connectivity index (χ2n) is 14.1. The van der Waals surface area contributed by atoms with Crippen molar-refractivity contribution in [1.29, 1.82) is 0 Å². The lowest BCUT2D eigenvalue weighted by Gasteiger charge is -2.22. The summed E-state index contributed by atoms with van der Waals surface area (Å²) in [6.45, 7) is 4.77. The van der Waals surface area contributed by atoms with Gasteiger partial charge in [-0.15, -0.1) is 0 Å². The molecule has 0 bridgehead atoms. The molecule has 0 unspecified atom stereocenters. The number of hydrogen-bond donors (Lipinski definition) is 0. The summed E-state index contributed by atoms with van der Waals surface area (Å²) < 4.78 is 2.38. The molecule has 0 fully saturated rings. The molecule has 9 aromatic rings. The molecule has 1 heterocycles. The molecule has 236 valence electrons. The van der Waals surface area contributed by atoms with Crippen molar-refractivity contribution in [2.24, 2.45) is 0 Å². The van der Waals surface area contributed by atoms with Gasteiger partial charge in [0.05, 0.1) is 11.0 Å². The van der Waals surface area contributed by atoms with Gasteiger partial charge < -0.3 is 4.57 Å². The van der Waals surface area contributed by atoms with Gasteiger partial charge >= 0.3 is 0 Å². The first-order valence-corrected chi connectivity index (χ1v) is 17.5. The van der Waals surface area contributed by atoms with Crippen molar-refractivity contribution in [3.8, 4) is 50.2 Å². The quantitative estimate of drug-likeness (QED) is 0.181. The van der Waals surface area contributed by atoms with Crippen LogP contribution in [0.25, 0.3) is 82.8 Å². The van der Waals surface area contributed by atoms with E-state index in [9.17, 15) is 0 Å². The zero-order chi connectivity index (χ0) is 33.4. The number of rotatable bonds is 4. The van der Waals surface area contributed by atoms with E-state index in [2.05, 4.69) is 194 Å². The van der Waals surface area contributed by atoms with Crippen molar-refractivity contribution in [2.75, 3.05) is 0 Å². The van der Waals surface area contributed by atoms with E-state index >= 15 is 0 Å². The molecule has 1 aromatic heterocycles. The Hall–Kier alpha value is -6.18. The molecule has 1 aliphatic rings. The van der Waals surface area contributed by atoms with E-state index < -0.39 is 0 Å². The van der Waals surface area contributed by atoms with Crippen molar-refractivity contribution >= 4 is 32.6 Å². The first kappa shape index (κ1) is 28.8. The Balaban J connectivity index is 1.13. The summed E-state index contributed by atoms with van der Waals surface area (Å²) >= 11 is 0. The lowest BCUT2D eigenvalue weighted by molar-refractivity contribution is 0.660. The van der Waals surface area contributed by atoms with Crippen LogP contribution in [0.4, 0.5) is 0 Å². The fourth-order valence-electron chi connectivity index (χ4n) is 8.54. The van der Waals surface area contributed by atoms with Gasteiger partial charge in [0.15, 0.2) is 0 Å². The standard InChI is InChI=1S/C49H35N/c1-49(2)44-22-13-21-39(36-28-35-16-9-10-19-38(35)42(30-36)32-14-5-3-6-15-32)48(44)41-26-24-34(31-45(41)49)33-25-27-47-43(29-33)40-20-11-12-23-46(40)50(47)37-17-7-4-8-18-37/h3-31H,1-2H3. The Labute approximate surface area is 292 Å². The average molecular weight is 638 g/mol. The topological polar surface area (TPSA) is 4.93 Å². The summed E-state index contributed by atoms with van der Waals surface area (Å²) in [4.78, 5) is 0. The maximum Gasteiger partial charge on any atom is 0.0541 e. The fourth-order valence-corrected chi connectivity index (χ4v) is 8.54. The molecule has 0 spiro atoms. The van der Waals surface area contributed by atoms with Crippen LogP contribution in [0, 0.1) is 0 Å². The highest BCUT2D eigenvalue weighted by atomic mass is 15.0. The maximum atomic E-state index is 2.45. The second kappa shape index (κ2) is 10.9. The molecular formula is C49H35N. The number of benzene rings is 8. The summed E-state index contributed by atoms with van der Waals surface area (Å²) in [5.41, 5.74) is 16.5. The minimum Gasteiger partial charge on any atom is -0.309 e. The molecule has 0 saturated heterocycles. The number of para-hydroxylation sites is 2. The van der Waals surface area contributed by atoms with Crippen LogP contribution in [0.3, 0.4) is 0 Å². The summed E-state index contributed by atoms with van der Waals surface area (Å²) in [5, 5.41) is 5.09. The van der Waals surface area contributed by atoms with Gasteiger partial charge in [-0.2, -0.15) is 0 Å². The zero-order valence-corrected chi connectivity index (χ0v) is 28.2. The third kappa shape index (κ3) is 4.27. The van der Waals surface area contributed by atoms with Crippen molar-refractivity contribution in [2.45, 2.75) is 19.3 Å². The molecule has 1 heteroatoms. The highest BCUT2D eigenvalue weighted by molar-refractivity contribution is 6.10. The monoisotopic (exact) mass is 637 g/mol. The number of nitrogens with zero attached hydrogens (tertiary/aromatic N) is 1. The van der Waals surface area contributed by atoms with E-state index in [1.54, 1.807) is 0 Å². The van der Waals surface area contributed by atoms with E-state index in [1.165, 1.54) is 93.9 Å². The Morgan fingerprint density at radius 1 is 0.380 bits per heavy atom.